The van der Waals surface area contributed by atoms with E-state index in [4.69, 9.17) is 10.5 Å². The van der Waals surface area contributed by atoms with Gasteiger partial charge in [0.1, 0.15) is 11.9 Å². The van der Waals surface area contributed by atoms with Gasteiger partial charge in [-0.25, -0.2) is 4.98 Å². The minimum atomic E-state index is -0.255. The molecule has 0 saturated carbocycles. The highest BCUT2D eigenvalue weighted by Crippen LogP contribution is 2.13. The molecule has 2 heterocycles. The van der Waals surface area contributed by atoms with Gasteiger partial charge in [0.15, 0.2) is 0 Å². The Morgan fingerprint density at radius 3 is 2.94 bits per heavy atom. The Hall–Kier alpha value is -1.40. The topological polar surface area (TPSA) is 73.4 Å². The standard InChI is InChI=1S/C11H18N4O2/c1-9(15-3-2-13-10(15)8-12)11(16)14-4-6-17-7-5-14/h2-3,9H,4-8,12H2,1H3. The number of ether oxygens (including phenoxy) is 1. The van der Waals surface area contributed by atoms with Crippen molar-refractivity contribution in [3.63, 3.8) is 0 Å². The van der Waals surface area contributed by atoms with E-state index < -0.39 is 0 Å². The van der Waals surface area contributed by atoms with Crippen molar-refractivity contribution in [1.29, 1.82) is 0 Å². The third-order valence-electron chi connectivity index (χ3n) is 3.03. The SMILES string of the molecule is CC(C(=O)N1CCOCC1)n1ccnc1CN. The van der Waals surface area contributed by atoms with Gasteiger partial charge < -0.3 is 19.9 Å². The monoisotopic (exact) mass is 238 g/mol. The molecule has 6 heteroatoms. The summed E-state index contributed by atoms with van der Waals surface area (Å²) >= 11 is 0. The second-order valence-corrected chi connectivity index (χ2v) is 4.07. The molecule has 1 fully saturated rings. The maximum atomic E-state index is 12.2. The quantitative estimate of drug-likeness (QED) is 0.789. The van der Waals surface area contributed by atoms with Crippen molar-refractivity contribution in [2.24, 2.45) is 5.73 Å². The van der Waals surface area contributed by atoms with Crippen LogP contribution >= 0.6 is 0 Å². The van der Waals surface area contributed by atoms with Crippen LogP contribution in [0.15, 0.2) is 12.4 Å². The fraction of sp³-hybridized carbons (Fsp3) is 0.636. The number of hydrogen-bond donors (Lipinski definition) is 1. The number of hydrogen-bond acceptors (Lipinski definition) is 4. The molecular formula is C11H18N4O2. The zero-order valence-electron chi connectivity index (χ0n) is 10.0. The largest absolute Gasteiger partial charge is 0.378 e. The number of morpholine rings is 1. The van der Waals surface area contributed by atoms with Crippen molar-refractivity contribution in [1.82, 2.24) is 14.5 Å². The van der Waals surface area contributed by atoms with Gasteiger partial charge in [-0.2, -0.15) is 0 Å². The molecule has 2 N–H and O–H groups in total. The molecule has 1 aromatic rings. The summed E-state index contributed by atoms with van der Waals surface area (Å²) in [6, 6.07) is -0.255. The predicted octanol–water partition coefficient (Wildman–Crippen LogP) is -0.238. The summed E-state index contributed by atoms with van der Waals surface area (Å²) in [5.41, 5.74) is 5.58. The summed E-state index contributed by atoms with van der Waals surface area (Å²) in [6.07, 6.45) is 3.47. The van der Waals surface area contributed by atoms with Crippen molar-refractivity contribution in [2.75, 3.05) is 26.3 Å². The molecule has 0 aromatic carbocycles. The first-order valence-electron chi connectivity index (χ1n) is 5.82. The summed E-state index contributed by atoms with van der Waals surface area (Å²) in [5, 5.41) is 0. The van der Waals surface area contributed by atoms with Gasteiger partial charge in [0.25, 0.3) is 0 Å². The lowest BCUT2D eigenvalue weighted by atomic mass is 10.2. The van der Waals surface area contributed by atoms with E-state index in [1.165, 1.54) is 0 Å². The van der Waals surface area contributed by atoms with Crippen LogP contribution in [0.25, 0.3) is 0 Å². The number of aromatic nitrogens is 2. The molecule has 0 aliphatic carbocycles. The molecule has 1 atom stereocenters. The number of rotatable bonds is 3. The Bertz CT molecular complexity index is 385. The van der Waals surface area contributed by atoms with E-state index in [1.54, 1.807) is 12.4 Å². The lowest BCUT2D eigenvalue weighted by Crippen LogP contribution is -2.43. The Balaban J connectivity index is 2.08. The molecule has 17 heavy (non-hydrogen) atoms. The Morgan fingerprint density at radius 2 is 2.29 bits per heavy atom. The van der Waals surface area contributed by atoms with Crippen LogP contribution in [0.1, 0.15) is 18.8 Å². The molecule has 1 unspecified atom stereocenters. The zero-order chi connectivity index (χ0) is 12.3. The average molecular weight is 238 g/mol. The van der Waals surface area contributed by atoms with Gasteiger partial charge in [0, 0.05) is 25.5 Å². The van der Waals surface area contributed by atoms with Crippen LogP contribution in [-0.2, 0) is 16.1 Å². The van der Waals surface area contributed by atoms with Crippen molar-refractivity contribution < 1.29 is 9.53 Å². The lowest BCUT2D eigenvalue weighted by Gasteiger charge is -2.30. The van der Waals surface area contributed by atoms with Crippen LogP contribution in [0.3, 0.4) is 0 Å². The molecule has 1 amide bonds. The molecule has 0 bridgehead atoms. The third-order valence-corrected chi connectivity index (χ3v) is 3.03. The first-order valence-corrected chi connectivity index (χ1v) is 5.82. The number of nitrogens with zero attached hydrogens (tertiary/aromatic N) is 3. The Labute approximate surface area is 100 Å². The van der Waals surface area contributed by atoms with Gasteiger partial charge in [-0.1, -0.05) is 0 Å². The summed E-state index contributed by atoms with van der Waals surface area (Å²) < 4.78 is 7.06. The number of imidazole rings is 1. The number of carbonyl (C=O) groups excluding carboxylic acids is 1. The number of nitrogens with two attached hydrogens (primary N) is 1. The molecule has 6 nitrogen and oxygen atoms in total. The first kappa shape index (κ1) is 12.1. The van der Waals surface area contributed by atoms with Crippen LogP contribution in [-0.4, -0.2) is 46.7 Å². The Morgan fingerprint density at radius 1 is 1.59 bits per heavy atom. The zero-order valence-corrected chi connectivity index (χ0v) is 10.0. The van der Waals surface area contributed by atoms with Gasteiger partial charge in [0.2, 0.25) is 5.91 Å². The predicted molar refractivity (Wildman–Crippen MR) is 62.2 cm³/mol. The van der Waals surface area contributed by atoms with Crippen LogP contribution in [0.4, 0.5) is 0 Å². The molecule has 2 rings (SSSR count). The maximum absolute atomic E-state index is 12.2. The number of carbonyl (C=O) groups is 1. The lowest BCUT2D eigenvalue weighted by molar-refractivity contribution is -0.138. The van der Waals surface area contributed by atoms with Crippen LogP contribution in [0.5, 0.6) is 0 Å². The van der Waals surface area contributed by atoms with Crippen molar-refractivity contribution in [3.05, 3.63) is 18.2 Å². The minimum absolute atomic E-state index is 0.0981. The van der Waals surface area contributed by atoms with Crippen molar-refractivity contribution in [2.45, 2.75) is 19.5 Å². The van der Waals surface area contributed by atoms with Crippen LogP contribution < -0.4 is 5.73 Å². The Kier molecular flexibility index (Phi) is 3.75. The van der Waals surface area contributed by atoms with Gasteiger partial charge >= 0.3 is 0 Å². The second-order valence-electron chi connectivity index (χ2n) is 4.07. The van der Waals surface area contributed by atoms with Gasteiger partial charge in [-0.15, -0.1) is 0 Å². The third kappa shape index (κ3) is 2.48. The molecule has 94 valence electrons. The highest BCUT2D eigenvalue weighted by atomic mass is 16.5. The summed E-state index contributed by atoms with van der Waals surface area (Å²) in [4.78, 5) is 18.2. The van der Waals surface area contributed by atoms with E-state index in [0.717, 1.165) is 5.82 Å². The molecular weight excluding hydrogens is 220 g/mol. The first-order chi connectivity index (χ1) is 8.24. The van der Waals surface area contributed by atoms with E-state index >= 15 is 0 Å². The van der Waals surface area contributed by atoms with E-state index in [9.17, 15) is 4.79 Å². The minimum Gasteiger partial charge on any atom is -0.378 e. The molecule has 0 spiro atoms. The highest BCUT2D eigenvalue weighted by Gasteiger charge is 2.24. The van der Waals surface area contributed by atoms with E-state index in [-0.39, 0.29) is 11.9 Å². The maximum Gasteiger partial charge on any atom is 0.245 e. The summed E-state index contributed by atoms with van der Waals surface area (Å²) in [7, 11) is 0. The van der Waals surface area contributed by atoms with E-state index in [0.29, 0.717) is 32.8 Å². The van der Waals surface area contributed by atoms with Crippen molar-refractivity contribution >= 4 is 5.91 Å². The summed E-state index contributed by atoms with van der Waals surface area (Å²) in [6.45, 7) is 4.77. The number of amides is 1. The molecule has 1 saturated heterocycles. The van der Waals surface area contributed by atoms with Crippen LogP contribution in [0, 0.1) is 0 Å². The fourth-order valence-electron chi connectivity index (χ4n) is 2.02. The average Bonchev–Trinajstić information content (AvgIpc) is 2.86. The van der Waals surface area contributed by atoms with Gasteiger partial charge in [0.05, 0.1) is 19.8 Å². The summed E-state index contributed by atoms with van der Waals surface area (Å²) in [5.74, 6) is 0.833. The van der Waals surface area contributed by atoms with Crippen LogP contribution in [0.2, 0.25) is 0 Å². The molecule has 1 aliphatic heterocycles. The highest BCUT2D eigenvalue weighted by molar-refractivity contribution is 5.80. The van der Waals surface area contributed by atoms with Crippen molar-refractivity contribution in [3.8, 4) is 0 Å². The van der Waals surface area contributed by atoms with Gasteiger partial charge in [-0.3, -0.25) is 4.79 Å². The molecule has 0 radical (unpaired) electrons. The normalized spacial score (nSPS) is 18.1. The second kappa shape index (κ2) is 5.29. The molecule has 1 aliphatic rings. The molecule has 1 aromatic heterocycles. The van der Waals surface area contributed by atoms with E-state index in [2.05, 4.69) is 4.98 Å². The smallest absolute Gasteiger partial charge is 0.245 e. The fourth-order valence-corrected chi connectivity index (χ4v) is 2.02. The van der Waals surface area contributed by atoms with E-state index in [1.807, 2.05) is 16.4 Å². The van der Waals surface area contributed by atoms with Gasteiger partial charge in [-0.05, 0) is 6.92 Å².